The van der Waals surface area contributed by atoms with Crippen molar-refractivity contribution in [1.29, 1.82) is 0 Å². The summed E-state index contributed by atoms with van der Waals surface area (Å²) in [5.74, 6) is -1.98. The lowest BCUT2D eigenvalue weighted by Crippen LogP contribution is -2.70. The highest BCUT2D eigenvalue weighted by Crippen LogP contribution is 2.40. The summed E-state index contributed by atoms with van der Waals surface area (Å²) in [5, 5.41) is 12.0. The maximum Gasteiger partial charge on any atom is 0.352 e. The van der Waals surface area contributed by atoms with E-state index in [0.29, 0.717) is 22.1 Å². The van der Waals surface area contributed by atoms with E-state index >= 15 is 0 Å². The number of benzene rings is 1. The van der Waals surface area contributed by atoms with Crippen LogP contribution in [0.3, 0.4) is 0 Å². The third-order valence-electron chi connectivity index (χ3n) is 5.08. The Labute approximate surface area is 202 Å². The average Bonchev–Trinajstić information content (AvgIpc) is 3.28. The van der Waals surface area contributed by atoms with Crippen LogP contribution < -0.4 is 10.1 Å². The summed E-state index contributed by atoms with van der Waals surface area (Å²) in [6.07, 6.45) is 0. The van der Waals surface area contributed by atoms with E-state index in [-0.39, 0.29) is 30.4 Å². The number of ether oxygens (including phenoxy) is 2. The molecule has 2 aliphatic rings. The number of carbonyl (C=O) groups is 4. The van der Waals surface area contributed by atoms with Crippen molar-refractivity contribution in [3.63, 3.8) is 0 Å². The zero-order valence-corrected chi connectivity index (χ0v) is 19.4. The number of hydrogen-bond donors (Lipinski definition) is 2. The number of furan rings is 1. The number of carbonyl (C=O) groups excluding carboxylic acids is 3. The Bertz CT molecular complexity index is 1190. The minimum atomic E-state index is -1.31. The largest absolute Gasteiger partial charge is 0.484 e. The van der Waals surface area contributed by atoms with Crippen molar-refractivity contribution in [2.75, 3.05) is 12.4 Å². The van der Waals surface area contributed by atoms with Crippen LogP contribution in [-0.4, -0.2) is 57.5 Å². The molecule has 0 unspecified atom stereocenters. The molecule has 10 nitrogen and oxygen atoms in total. The molecule has 2 atom stereocenters. The maximum atomic E-state index is 12.7. The zero-order valence-electron chi connectivity index (χ0n) is 17.8. The molecule has 1 fully saturated rings. The van der Waals surface area contributed by atoms with Crippen molar-refractivity contribution in [1.82, 2.24) is 10.2 Å². The number of fused-ring (bicyclic) bond motifs is 1. The number of carboxylic acids is 1. The van der Waals surface area contributed by atoms with E-state index in [4.69, 9.17) is 25.5 Å². The Morgan fingerprint density at radius 2 is 2.00 bits per heavy atom. The van der Waals surface area contributed by atoms with Gasteiger partial charge >= 0.3 is 11.9 Å². The number of rotatable bonds is 8. The third kappa shape index (κ3) is 4.75. The normalized spacial score (nSPS) is 19.2. The molecule has 12 heteroatoms. The second kappa shape index (κ2) is 9.82. The van der Waals surface area contributed by atoms with Crippen LogP contribution in [0.2, 0.25) is 5.02 Å². The summed E-state index contributed by atoms with van der Waals surface area (Å²) in [7, 11) is 0. The second-order valence-electron chi connectivity index (χ2n) is 7.38. The fraction of sp³-hybridized carbons (Fsp3) is 0.273. The molecule has 3 heterocycles. The fourth-order valence-electron chi connectivity index (χ4n) is 3.48. The lowest BCUT2D eigenvalue weighted by atomic mass is 10.0. The van der Waals surface area contributed by atoms with Crippen molar-refractivity contribution in [3.8, 4) is 5.75 Å². The predicted molar refractivity (Wildman–Crippen MR) is 120 cm³/mol. The Morgan fingerprint density at radius 1 is 1.24 bits per heavy atom. The number of β-lactam (4-membered cyclic amide) rings is 1. The van der Waals surface area contributed by atoms with Gasteiger partial charge in [-0.25, -0.2) is 4.79 Å². The van der Waals surface area contributed by atoms with Crippen LogP contribution in [0.1, 0.15) is 23.2 Å². The molecule has 0 saturated carbocycles. The molecule has 34 heavy (non-hydrogen) atoms. The standard InChI is InChI=1S/C22H19ClN2O8S/c1-11(26)31-8-12-10-34-21-17(20(28)25(21)18(12)22(29)30)24-19(27)16-7-6-13(33-16)9-32-15-5-3-2-4-14(15)23/h2-7,17,21H,8-10H2,1H3,(H,24,27)(H,29,30)/t17-,21-/m1/s1. The summed E-state index contributed by atoms with van der Waals surface area (Å²) < 4.78 is 16.0. The molecular formula is C22H19ClN2O8S. The van der Waals surface area contributed by atoms with Crippen LogP contribution in [-0.2, 0) is 25.7 Å². The lowest BCUT2D eigenvalue weighted by molar-refractivity contribution is -0.149. The first-order valence-electron chi connectivity index (χ1n) is 10.1. The molecule has 0 radical (unpaired) electrons. The average molecular weight is 507 g/mol. The number of halogens is 1. The van der Waals surface area contributed by atoms with Gasteiger partial charge in [-0.05, 0) is 24.3 Å². The Kier molecular flexibility index (Phi) is 6.85. The van der Waals surface area contributed by atoms with Crippen molar-refractivity contribution in [2.45, 2.75) is 24.9 Å². The fourth-order valence-corrected chi connectivity index (χ4v) is 5.00. The van der Waals surface area contributed by atoms with Gasteiger partial charge in [0.1, 0.15) is 41.8 Å². The molecule has 2 N–H and O–H groups in total. The summed E-state index contributed by atoms with van der Waals surface area (Å²) in [6.45, 7) is 1.04. The monoisotopic (exact) mass is 506 g/mol. The number of esters is 1. The molecule has 2 aliphatic heterocycles. The number of hydrogen-bond acceptors (Lipinski definition) is 8. The van der Waals surface area contributed by atoms with Gasteiger partial charge in [0.25, 0.3) is 11.8 Å². The van der Waals surface area contributed by atoms with Crippen LogP contribution in [0.5, 0.6) is 5.75 Å². The van der Waals surface area contributed by atoms with Crippen molar-refractivity contribution in [3.05, 3.63) is 64.2 Å². The molecule has 0 spiro atoms. The first-order valence-corrected chi connectivity index (χ1v) is 11.5. The van der Waals surface area contributed by atoms with Crippen LogP contribution in [0.15, 0.2) is 52.1 Å². The molecule has 1 aromatic heterocycles. The van der Waals surface area contributed by atoms with E-state index in [9.17, 15) is 24.3 Å². The number of aliphatic carboxylic acids is 1. The van der Waals surface area contributed by atoms with E-state index in [0.717, 1.165) is 4.90 Å². The summed E-state index contributed by atoms with van der Waals surface area (Å²) >= 11 is 7.32. The van der Waals surface area contributed by atoms with Crippen molar-refractivity contribution in [2.24, 2.45) is 0 Å². The number of para-hydroxylation sites is 1. The maximum absolute atomic E-state index is 12.7. The van der Waals surface area contributed by atoms with E-state index in [1.165, 1.54) is 24.8 Å². The Hall–Kier alpha value is -3.44. The van der Waals surface area contributed by atoms with Gasteiger partial charge in [-0.1, -0.05) is 23.7 Å². The van der Waals surface area contributed by atoms with Crippen LogP contribution in [0.4, 0.5) is 0 Å². The summed E-state index contributed by atoms with van der Waals surface area (Å²) in [5.41, 5.74) is 0.0915. The first kappa shape index (κ1) is 23.7. The molecule has 0 bridgehead atoms. The Balaban J connectivity index is 1.39. The quantitative estimate of drug-likeness (QED) is 0.408. The minimum absolute atomic E-state index is 0.0191. The Morgan fingerprint density at radius 3 is 2.71 bits per heavy atom. The summed E-state index contributed by atoms with van der Waals surface area (Å²) in [4.78, 5) is 49.3. The number of amides is 2. The first-order chi connectivity index (χ1) is 16.3. The highest BCUT2D eigenvalue weighted by atomic mass is 35.5. The van der Waals surface area contributed by atoms with Gasteiger partial charge in [0.2, 0.25) is 0 Å². The van der Waals surface area contributed by atoms with Gasteiger partial charge in [-0.2, -0.15) is 0 Å². The molecule has 4 rings (SSSR count). The van der Waals surface area contributed by atoms with Gasteiger partial charge in [0.15, 0.2) is 5.76 Å². The predicted octanol–water partition coefficient (Wildman–Crippen LogP) is 2.43. The van der Waals surface area contributed by atoms with Crippen LogP contribution in [0.25, 0.3) is 0 Å². The van der Waals surface area contributed by atoms with E-state index < -0.39 is 35.2 Å². The second-order valence-corrected chi connectivity index (χ2v) is 8.90. The SMILES string of the molecule is CC(=O)OCC1=C(C(=O)O)N2C(=O)[C@@H](NC(=O)c3ccc(COc4ccccc4Cl)o3)[C@H]2SC1. The number of thioether (sulfide) groups is 1. The van der Waals surface area contributed by atoms with E-state index in [2.05, 4.69) is 5.32 Å². The van der Waals surface area contributed by atoms with Crippen LogP contribution >= 0.6 is 23.4 Å². The van der Waals surface area contributed by atoms with Crippen molar-refractivity contribution >= 4 is 47.1 Å². The van der Waals surface area contributed by atoms with Gasteiger partial charge in [0.05, 0.1) is 5.02 Å². The highest BCUT2D eigenvalue weighted by Gasteiger charge is 2.54. The van der Waals surface area contributed by atoms with Gasteiger partial charge in [-0.3, -0.25) is 19.3 Å². The van der Waals surface area contributed by atoms with Crippen molar-refractivity contribution < 1.29 is 38.2 Å². The highest BCUT2D eigenvalue weighted by molar-refractivity contribution is 8.00. The van der Waals surface area contributed by atoms with Gasteiger partial charge in [0, 0.05) is 18.2 Å². The summed E-state index contributed by atoms with van der Waals surface area (Å²) in [6, 6.07) is 9.03. The molecule has 178 valence electrons. The van der Waals surface area contributed by atoms with E-state index in [1.807, 2.05) is 0 Å². The van der Waals surface area contributed by atoms with Gasteiger partial charge in [-0.15, -0.1) is 11.8 Å². The molecule has 2 aromatic rings. The molecule has 1 aromatic carbocycles. The zero-order chi connectivity index (χ0) is 24.4. The third-order valence-corrected chi connectivity index (χ3v) is 6.73. The molecular weight excluding hydrogens is 488 g/mol. The topological polar surface area (TPSA) is 135 Å². The lowest BCUT2D eigenvalue weighted by Gasteiger charge is -2.49. The number of nitrogens with zero attached hydrogens (tertiary/aromatic N) is 1. The van der Waals surface area contributed by atoms with Gasteiger partial charge < -0.3 is 24.3 Å². The molecule has 2 amide bonds. The minimum Gasteiger partial charge on any atom is -0.484 e. The smallest absolute Gasteiger partial charge is 0.352 e. The van der Waals surface area contributed by atoms with E-state index in [1.54, 1.807) is 30.3 Å². The van der Waals surface area contributed by atoms with Crippen LogP contribution in [0, 0.1) is 0 Å². The number of nitrogens with one attached hydrogen (secondary N) is 1. The molecule has 1 saturated heterocycles. The molecule has 0 aliphatic carbocycles. The number of carboxylic acid groups (broad SMARTS) is 1.